The summed E-state index contributed by atoms with van der Waals surface area (Å²) < 4.78 is 16.6. The van der Waals surface area contributed by atoms with Gasteiger partial charge < -0.3 is 14.2 Å². The quantitative estimate of drug-likeness (QED) is 0.554. The van der Waals surface area contributed by atoms with Crippen LogP contribution in [-0.2, 0) is 6.61 Å². The van der Waals surface area contributed by atoms with Crippen molar-refractivity contribution in [3.63, 3.8) is 0 Å². The van der Waals surface area contributed by atoms with Crippen LogP contribution in [0.5, 0.6) is 17.2 Å². The van der Waals surface area contributed by atoms with Gasteiger partial charge in [-0.25, -0.2) is 0 Å². The third-order valence-electron chi connectivity index (χ3n) is 3.01. The van der Waals surface area contributed by atoms with Crippen LogP contribution >= 0.6 is 0 Å². The summed E-state index contributed by atoms with van der Waals surface area (Å²) in [7, 11) is 0. The van der Waals surface area contributed by atoms with Crippen LogP contribution < -0.4 is 14.2 Å². The van der Waals surface area contributed by atoms with Crippen molar-refractivity contribution in [3.05, 3.63) is 53.6 Å². The minimum atomic E-state index is 0.159. The molecule has 24 heavy (non-hydrogen) atoms. The highest BCUT2D eigenvalue weighted by Gasteiger charge is 2.05. The molecule has 0 unspecified atom stereocenters. The van der Waals surface area contributed by atoms with E-state index in [1.165, 1.54) is 0 Å². The highest BCUT2D eigenvalue weighted by atomic mass is 16.5. The molecule has 120 valence electrons. The first kappa shape index (κ1) is 17.0. The molecule has 0 heterocycles. The zero-order valence-electron chi connectivity index (χ0n) is 13.0. The van der Waals surface area contributed by atoms with E-state index >= 15 is 0 Å². The lowest BCUT2D eigenvalue weighted by Gasteiger charge is -2.11. The molecule has 0 aliphatic rings. The Bertz CT molecular complexity index is 727. The van der Waals surface area contributed by atoms with Gasteiger partial charge in [-0.15, -0.1) is 12.8 Å². The molecule has 0 atom stereocenters. The molecule has 2 aromatic rings. The summed E-state index contributed by atoms with van der Waals surface area (Å²) in [5.41, 5.74) is 1.44. The smallest absolute Gasteiger partial charge is 0.150 e. The standard InChI is InChI=1S/C20H16O4/c1-3-9-22-19-11-17(12-20(13-19)23-10-4-2)15-24-18-7-5-16(14-21)6-8-18/h1-2,5-8,11-14H,9-10,15H2. The van der Waals surface area contributed by atoms with Crippen molar-refractivity contribution in [1.29, 1.82) is 0 Å². The van der Waals surface area contributed by atoms with Crippen LogP contribution in [0.15, 0.2) is 42.5 Å². The first-order valence-corrected chi connectivity index (χ1v) is 7.19. The second-order valence-corrected chi connectivity index (χ2v) is 4.77. The first-order chi connectivity index (χ1) is 11.7. The molecule has 0 radical (unpaired) electrons. The molecule has 0 aliphatic heterocycles. The van der Waals surface area contributed by atoms with Crippen molar-refractivity contribution in [2.45, 2.75) is 6.61 Å². The van der Waals surface area contributed by atoms with E-state index < -0.39 is 0 Å². The van der Waals surface area contributed by atoms with E-state index in [4.69, 9.17) is 27.1 Å². The molecule has 0 spiro atoms. The number of hydrogen-bond acceptors (Lipinski definition) is 4. The minimum Gasteiger partial charge on any atom is -0.489 e. The highest BCUT2D eigenvalue weighted by molar-refractivity contribution is 5.74. The normalized spacial score (nSPS) is 9.42. The van der Waals surface area contributed by atoms with E-state index in [9.17, 15) is 4.79 Å². The second kappa shape index (κ2) is 8.92. The molecule has 0 fully saturated rings. The Morgan fingerprint density at radius 2 is 1.42 bits per heavy atom. The number of terminal acetylenes is 2. The van der Waals surface area contributed by atoms with Crippen molar-refractivity contribution in [1.82, 2.24) is 0 Å². The van der Waals surface area contributed by atoms with E-state index in [2.05, 4.69) is 11.8 Å². The Labute approximate surface area is 141 Å². The van der Waals surface area contributed by atoms with Gasteiger partial charge in [0.05, 0.1) is 0 Å². The van der Waals surface area contributed by atoms with E-state index in [0.717, 1.165) is 11.8 Å². The average Bonchev–Trinajstić information content (AvgIpc) is 2.63. The maximum Gasteiger partial charge on any atom is 0.150 e. The summed E-state index contributed by atoms with van der Waals surface area (Å²) in [4.78, 5) is 10.6. The average molecular weight is 320 g/mol. The highest BCUT2D eigenvalue weighted by Crippen LogP contribution is 2.24. The fraction of sp³-hybridized carbons (Fsp3) is 0.150. The Hall–Kier alpha value is -3.37. The number of aldehydes is 1. The molecule has 4 heteroatoms. The molecule has 0 saturated carbocycles. The Kier molecular flexibility index (Phi) is 6.32. The third kappa shape index (κ3) is 5.12. The molecule has 0 aliphatic carbocycles. The number of rotatable bonds is 8. The zero-order chi connectivity index (χ0) is 17.2. The molecular formula is C20H16O4. The van der Waals surface area contributed by atoms with E-state index in [1.54, 1.807) is 30.3 Å². The molecule has 2 aromatic carbocycles. The van der Waals surface area contributed by atoms with Crippen LogP contribution in [0.4, 0.5) is 0 Å². The molecular weight excluding hydrogens is 304 g/mol. The lowest BCUT2D eigenvalue weighted by Crippen LogP contribution is -2.01. The lowest BCUT2D eigenvalue weighted by atomic mass is 10.2. The number of carbonyl (C=O) groups excluding carboxylic acids is 1. The molecule has 0 bridgehead atoms. The predicted molar refractivity (Wildman–Crippen MR) is 91.3 cm³/mol. The maximum absolute atomic E-state index is 10.6. The summed E-state index contributed by atoms with van der Waals surface area (Å²) in [6.45, 7) is 0.623. The van der Waals surface area contributed by atoms with Gasteiger partial charge in [-0.1, -0.05) is 11.8 Å². The van der Waals surface area contributed by atoms with Gasteiger partial charge in [-0.2, -0.15) is 0 Å². The molecule has 0 aromatic heterocycles. The SMILES string of the molecule is C#CCOc1cc(COc2ccc(C=O)cc2)cc(OCC#C)c1. The molecule has 0 N–H and O–H groups in total. The fourth-order valence-electron chi connectivity index (χ4n) is 1.94. The van der Waals surface area contributed by atoms with Gasteiger partial charge in [-0.3, -0.25) is 4.79 Å². The van der Waals surface area contributed by atoms with Crippen LogP contribution in [0.25, 0.3) is 0 Å². The summed E-state index contributed by atoms with van der Waals surface area (Å²) >= 11 is 0. The molecule has 2 rings (SSSR count). The van der Waals surface area contributed by atoms with Gasteiger partial charge in [-0.05, 0) is 42.0 Å². The van der Waals surface area contributed by atoms with Gasteiger partial charge in [0.25, 0.3) is 0 Å². The van der Waals surface area contributed by atoms with Crippen molar-refractivity contribution in [2.75, 3.05) is 13.2 Å². The minimum absolute atomic E-state index is 0.159. The summed E-state index contributed by atoms with van der Waals surface area (Å²) in [6, 6.07) is 12.2. The van der Waals surface area contributed by atoms with Crippen molar-refractivity contribution in [2.24, 2.45) is 0 Å². The van der Waals surface area contributed by atoms with Crippen LogP contribution in [0.3, 0.4) is 0 Å². The summed E-state index contributed by atoms with van der Waals surface area (Å²) in [6.07, 6.45) is 11.2. The van der Waals surface area contributed by atoms with Crippen molar-refractivity contribution < 1.29 is 19.0 Å². The first-order valence-electron chi connectivity index (χ1n) is 7.19. The van der Waals surface area contributed by atoms with Crippen molar-refractivity contribution >= 4 is 6.29 Å². The van der Waals surface area contributed by atoms with E-state index in [-0.39, 0.29) is 13.2 Å². The van der Waals surface area contributed by atoms with Gasteiger partial charge in [0.2, 0.25) is 0 Å². The third-order valence-corrected chi connectivity index (χ3v) is 3.01. The summed E-state index contributed by atoms with van der Waals surface area (Å²) in [5.74, 6) is 6.64. The lowest BCUT2D eigenvalue weighted by molar-refractivity contribution is 0.112. The number of hydrogen-bond donors (Lipinski definition) is 0. The molecule has 0 amide bonds. The van der Waals surface area contributed by atoms with E-state index in [0.29, 0.717) is 29.4 Å². The van der Waals surface area contributed by atoms with Gasteiger partial charge in [0, 0.05) is 11.6 Å². The number of ether oxygens (including phenoxy) is 3. The number of benzene rings is 2. The molecule has 4 nitrogen and oxygen atoms in total. The number of carbonyl (C=O) groups is 1. The monoisotopic (exact) mass is 320 g/mol. The van der Waals surface area contributed by atoms with Gasteiger partial charge in [0.1, 0.15) is 43.4 Å². The van der Waals surface area contributed by atoms with Gasteiger partial charge in [0.15, 0.2) is 0 Å². The Morgan fingerprint density at radius 1 is 0.833 bits per heavy atom. The predicted octanol–water partition coefficient (Wildman–Crippen LogP) is 3.10. The maximum atomic E-state index is 10.6. The fourth-order valence-corrected chi connectivity index (χ4v) is 1.94. The van der Waals surface area contributed by atoms with Gasteiger partial charge >= 0.3 is 0 Å². The Morgan fingerprint density at radius 3 is 1.92 bits per heavy atom. The van der Waals surface area contributed by atoms with Crippen LogP contribution in [0.1, 0.15) is 15.9 Å². The largest absolute Gasteiger partial charge is 0.489 e. The Balaban J connectivity index is 2.10. The summed E-state index contributed by atoms with van der Waals surface area (Å²) in [5, 5.41) is 0. The van der Waals surface area contributed by atoms with Crippen LogP contribution in [0.2, 0.25) is 0 Å². The topological polar surface area (TPSA) is 44.8 Å². The molecule has 0 saturated heterocycles. The van der Waals surface area contributed by atoms with Crippen molar-refractivity contribution in [3.8, 4) is 41.9 Å². The van der Waals surface area contributed by atoms with Crippen LogP contribution in [0, 0.1) is 24.7 Å². The zero-order valence-corrected chi connectivity index (χ0v) is 13.0. The second-order valence-electron chi connectivity index (χ2n) is 4.77. The van der Waals surface area contributed by atoms with E-state index in [1.807, 2.05) is 12.1 Å². The van der Waals surface area contributed by atoms with Crippen LogP contribution in [-0.4, -0.2) is 19.5 Å².